The molecule has 0 N–H and O–H groups in total. The fraction of sp³-hybridized carbons (Fsp3) is 0.105. The summed E-state index contributed by atoms with van der Waals surface area (Å²) in [5.74, 6) is -0.983. The van der Waals surface area contributed by atoms with Crippen LogP contribution in [0.3, 0.4) is 0 Å². The summed E-state index contributed by atoms with van der Waals surface area (Å²) in [5, 5.41) is 2.68. The summed E-state index contributed by atoms with van der Waals surface area (Å²) in [6, 6.07) is 14.5. The highest BCUT2D eigenvalue weighted by molar-refractivity contribution is 7.13. The van der Waals surface area contributed by atoms with Crippen LogP contribution in [0.15, 0.2) is 53.9 Å². The molecule has 126 valence electrons. The fourth-order valence-corrected chi connectivity index (χ4v) is 3.20. The average Bonchev–Trinajstić information content (AvgIpc) is 3.10. The number of hydrogen-bond donors (Lipinski definition) is 0. The highest BCUT2D eigenvalue weighted by atomic mass is 35.5. The standard InChI is InChI=1S/C19H14ClNO3S/c1-12-6-8-13(9-7-12)18-21-16(11-25-18)19(23)24-10-17(22)14-4-2-3-5-15(14)20/h2-9,11H,10H2,1H3. The number of ketones is 1. The van der Waals surface area contributed by atoms with Gasteiger partial charge in [-0.3, -0.25) is 4.79 Å². The lowest BCUT2D eigenvalue weighted by Gasteiger charge is -2.04. The molecule has 0 saturated heterocycles. The Morgan fingerprint density at radius 3 is 2.56 bits per heavy atom. The van der Waals surface area contributed by atoms with Crippen molar-refractivity contribution in [1.82, 2.24) is 4.98 Å². The molecule has 0 fully saturated rings. The van der Waals surface area contributed by atoms with E-state index in [4.69, 9.17) is 16.3 Å². The Kier molecular flexibility index (Phi) is 5.26. The predicted octanol–water partition coefficient (Wildman–Crippen LogP) is 4.81. The van der Waals surface area contributed by atoms with Crippen LogP contribution in [-0.2, 0) is 4.74 Å². The maximum atomic E-state index is 12.1. The summed E-state index contributed by atoms with van der Waals surface area (Å²) >= 11 is 7.31. The molecule has 6 heteroatoms. The number of rotatable bonds is 5. The lowest BCUT2D eigenvalue weighted by molar-refractivity contribution is 0.0470. The molecule has 0 atom stereocenters. The van der Waals surface area contributed by atoms with Crippen LogP contribution in [-0.4, -0.2) is 23.3 Å². The van der Waals surface area contributed by atoms with Crippen molar-refractivity contribution in [2.24, 2.45) is 0 Å². The number of benzene rings is 2. The normalized spacial score (nSPS) is 10.5. The Balaban J connectivity index is 1.65. The Morgan fingerprint density at radius 1 is 1.12 bits per heavy atom. The van der Waals surface area contributed by atoms with Crippen LogP contribution in [0.4, 0.5) is 0 Å². The largest absolute Gasteiger partial charge is 0.453 e. The van der Waals surface area contributed by atoms with Crippen molar-refractivity contribution in [1.29, 1.82) is 0 Å². The lowest BCUT2D eigenvalue weighted by Crippen LogP contribution is -2.14. The van der Waals surface area contributed by atoms with E-state index >= 15 is 0 Å². The van der Waals surface area contributed by atoms with Crippen molar-refractivity contribution in [3.8, 4) is 10.6 Å². The Labute approximate surface area is 154 Å². The first kappa shape index (κ1) is 17.3. The number of thiazole rings is 1. The van der Waals surface area contributed by atoms with Gasteiger partial charge < -0.3 is 4.74 Å². The number of Topliss-reactive ketones (excluding diaryl/α,β-unsaturated/α-hetero) is 1. The smallest absolute Gasteiger partial charge is 0.358 e. The van der Waals surface area contributed by atoms with Gasteiger partial charge in [-0.05, 0) is 19.1 Å². The molecule has 4 nitrogen and oxygen atoms in total. The molecule has 0 radical (unpaired) electrons. The third kappa shape index (κ3) is 4.13. The van der Waals surface area contributed by atoms with E-state index in [9.17, 15) is 9.59 Å². The molecule has 0 unspecified atom stereocenters. The minimum absolute atomic E-state index is 0.188. The van der Waals surface area contributed by atoms with Crippen LogP contribution in [0.25, 0.3) is 10.6 Å². The van der Waals surface area contributed by atoms with E-state index in [0.29, 0.717) is 10.6 Å². The van der Waals surface area contributed by atoms with Crippen molar-refractivity contribution in [3.05, 3.63) is 75.8 Å². The number of carbonyl (C=O) groups excluding carboxylic acids is 2. The van der Waals surface area contributed by atoms with Gasteiger partial charge in [0, 0.05) is 16.5 Å². The molecule has 0 amide bonds. The van der Waals surface area contributed by atoms with E-state index < -0.39 is 5.97 Å². The minimum atomic E-state index is -0.630. The number of esters is 1. The topological polar surface area (TPSA) is 56.3 Å². The summed E-state index contributed by atoms with van der Waals surface area (Å²) in [4.78, 5) is 28.5. The Bertz CT molecular complexity index is 918. The highest BCUT2D eigenvalue weighted by Gasteiger charge is 2.16. The molecule has 0 aliphatic rings. The lowest BCUT2D eigenvalue weighted by atomic mass is 10.1. The van der Waals surface area contributed by atoms with Crippen LogP contribution in [0.1, 0.15) is 26.4 Å². The molecule has 1 heterocycles. The van der Waals surface area contributed by atoms with Crippen LogP contribution < -0.4 is 0 Å². The van der Waals surface area contributed by atoms with Gasteiger partial charge in [-0.15, -0.1) is 11.3 Å². The number of hydrogen-bond acceptors (Lipinski definition) is 5. The van der Waals surface area contributed by atoms with Gasteiger partial charge in [-0.2, -0.15) is 0 Å². The highest BCUT2D eigenvalue weighted by Crippen LogP contribution is 2.24. The van der Waals surface area contributed by atoms with Crippen molar-refractivity contribution in [2.75, 3.05) is 6.61 Å². The number of carbonyl (C=O) groups is 2. The minimum Gasteiger partial charge on any atom is -0.453 e. The van der Waals surface area contributed by atoms with Crippen LogP contribution >= 0.6 is 22.9 Å². The first-order valence-corrected chi connectivity index (χ1v) is 8.78. The van der Waals surface area contributed by atoms with Crippen LogP contribution in [0, 0.1) is 6.92 Å². The summed E-state index contributed by atoms with van der Waals surface area (Å²) in [5.41, 5.74) is 2.60. The molecule has 0 bridgehead atoms. The van der Waals surface area contributed by atoms with Gasteiger partial charge in [-0.1, -0.05) is 53.6 Å². The van der Waals surface area contributed by atoms with Gasteiger partial charge in [0.05, 0.1) is 5.02 Å². The maximum absolute atomic E-state index is 12.1. The van der Waals surface area contributed by atoms with E-state index in [2.05, 4.69) is 4.98 Å². The molecule has 0 spiro atoms. The molecule has 2 aromatic carbocycles. The second-order valence-electron chi connectivity index (χ2n) is 5.38. The summed E-state index contributed by atoms with van der Waals surface area (Å²) in [6.45, 7) is 1.63. The van der Waals surface area contributed by atoms with Gasteiger partial charge in [0.15, 0.2) is 12.3 Å². The van der Waals surface area contributed by atoms with E-state index in [1.54, 1.807) is 29.6 Å². The van der Waals surface area contributed by atoms with Crippen molar-refractivity contribution >= 4 is 34.7 Å². The summed E-state index contributed by atoms with van der Waals surface area (Å²) < 4.78 is 5.06. The van der Waals surface area contributed by atoms with E-state index in [-0.39, 0.29) is 18.1 Å². The monoisotopic (exact) mass is 371 g/mol. The van der Waals surface area contributed by atoms with Gasteiger partial charge in [-0.25, -0.2) is 9.78 Å². The average molecular weight is 372 g/mol. The van der Waals surface area contributed by atoms with E-state index in [1.165, 1.54) is 11.3 Å². The summed E-state index contributed by atoms with van der Waals surface area (Å²) in [7, 11) is 0. The zero-order chi connectivity index (χ0) is 17.8. The van der Waals surface area contributed by atoms with Gasteiger partial charge in [0.2, 0.25) is 5.78 Å². The van der Waals surface area contributed by atoms with Crippen molar-refractivity contribution < 1.29 is 14.3 Å². The molecule has 3 aromatic rings. The van der Waals surface area contributed by atoms with Gasteiger partial charge in [0.25, 0.3) is 0 Å². The molecule has 0 aliphatic heterocycles. The number of aryl methyl sites for hydroxylation is 1. The van der Waals surface area contributed by atoms with Gasteiger partial charge >= 0.3 is 5.97 Å². The predicted molar refractivity (Wildman–Crippen MR) is 98.4 cm³/mol. The zero-order valence-electron chi connectivity index (χ0n) is 13.4. The van der Waals surface area contributed by atoms with Crippen LogP contribution in [0.5, 0.6) is 0 Å². The summed E-state index contributed by atoms with van der Waals surface area (Å²) in [6.07, 6.45) is 0. The first-order chi connectivity index (χ1) is 12.0. The first-order valence-electron chi connectivity index (χ1n) is 7.52. The van der Waals surface area contributed by atoms with Crippen molar-refractivity contribution in [3.63, 3.8) is 0 Å². The second-order valence-corrected chi connectivity index (χ2v) is 6.65. The molecule has 0 saturated carbocycles. The molecule has 3 rings (SSSR count). The Hall–Kier alpha value is -2.50. The van der Waals surface area contributed by atoms with Crippen LogP contribution in [0.2, 0.25) is 5.02 Å². The molecule has 25 heavy (non-hydrogen) atoms. The molecule has 0 aliphatic carbocycles. The number of halogens is 1. The van der Waals surface area contributed by atoms with E-state index in [1.807, 2.05) is 31.2 Å². The number of ether oxygens (including phenoxy) is 1. The number of aromatic nitrogens is 1. The third-order valence-electron chi connectivity index (χ3n) is 3.52. The SMILES string of the molecule is Cc1ccc(-c2nc(C(=O)OCC(=O)c3ccccc3Cl)cs2)cc1. The number of nitrogens with zero attached hydrogens (tertiary/aromatic N) is 1. The molecular weight excluding hydrogens is 358 g/mol. The van der Waals surface area contributed by atoms with E-state index in [0.717, 1.165) is 16.1 Å². The molecular formula is C19H14ClNO3S. The third-order valence-corrected chi connectivity index (χ3v) is 4.74. The zero-order valence-corrected chi connectivity index (χ0v) is 14.9. The second kappa shape index (κ2) is 7.59. The van der Waals surface area contributed by atoms with Gasteiger partial charge in [0.1, 0.15) is 5.01 Å². The molecule has 1 aromatic heterocycles. The van der Waals surface area contributed by atoms with Crippen molar-refractivity contribution in [2.45, 2.75) is 6.92 Å². The Morgan fingerprint density at radius 2 is 1.84 bits per heavy atom. The maximum Gasteiger partial charge on any atom is 0.358 e. The quantitative estimate of drug-likeness (QED) is 0.477. The fourth-order valence-electron chi connectivity index (χ4n) is 2.17.